The Morgan fingerprint density at radius 1 is 1.44 bits per heavy atom. The molecule has 1 heterocycles. The Hall–Kier alpha value is -1.14. The molecule has 104 valence electrons. The second-order valence-corrected chi connectivity index (χ2v) is 5.19. The Bertz CT molecular complexity index is 328. The molecule has 0 aromatic heterocycles. The summed E-state index contributed by atoms with van der Waals surface area (Å²) in [6.45, 7) is 4.06. The van der Waals surface area contributed by atoms with Crippen LogP contribution in [-0.2, 0) is 19.1 Å². The van der Waals surface area contributed by atoms with E-state index in [1.165, 1.54) is 4.90 Å². The van der Waals surface area contributed by atoms with Crippen LogP contribution in [0.1, 0.15) is 20.3 Å². The number of hydrogen-bond donors (Lipinski definition) is 1. The summed E-state index contributed by atoms with van der Waals surface area (Å²) < 4.78 is 10.4. The summed E-state index contributed by atoms with van der Waals surface area (Å²) in [6, 6.07) is -0.400. The number of likely N-dealkylation sites (N-methyl/N-ethyl adjacent to an activating group) is 1. The largest absolute Gasteiger partial charge is 0.481 e. The number of carboxylic acid groups (broad SMARTS) is 1. The van der Waals surface area contributed by atoms with Crippen molar-refractivity contribution < 1.29 is 24.2 Å². The van der Waals surface area contributed by atoms with Crippen molar-refractivity contribution in [3.05, 3.63) is 0 Å². The predicted molar refractivity (Wildman–Crippen MR) is 64.2 cm³/mol. The van der Waals surface area contributed by atoms with E-state index in [0.717, 1.165) is 0 Å². The van der Waals surface area contributed by atoms with Gasteiger partial charge in [-0.2, -0.15) is 0 Å². The van der Waals surface area contributed by atoms with Gasteiger partial charge in [-0.15, -0.1) is 0 Å². The smallest absolute Gasteiger partial charge is 0.311 e. The van der Waals surface area contributed by atoms with Gasteiger partial charge < -0.3 is 19.5 Å². The van der Waals surface area contributed by atoms with Crippen LogP contribution in [0, 0.1) is 5.92 Å². The first-order chi connectivity index (χ1) is 8.28. The molecule has 1 aliphatic heterocycles. The first kappa shape index (κ1) is 14.9. The number of carboxylic acids is 1. The molecule has 2 atom stereocenters. The summed E-state index contributed by atoms with van der Waals surface area (Å²) >= 11 is 0. The number of methoxy groups -OCH3 is 1. The van der Waals surface area contributed by atoms with E-state index >= 15 is 0 Å². The van der Waals surface area contributed by atoms with E-state index in [-0.39, 0.29) is 25.5 Å². The normalized spacial score (nSPS) is 24.0. The van der Waals surface area contributed by atoms with Crippen LogP contribution >= 0.6 is 0 Å². The molecule has 1 N–H and O–H groups in total. The number of nitrogens with zero attached hydrogens (tertiary/aromatic N) is 1. The zero-order valence-electron chi connectivity index (χ0n) is 11.3. The molecule has 6 heteroatoms. The third-order valence-electron chi connectivity index (χ3n) is 3.39. The van der Waals surface area contributed by atoms with Gasteiger partial charge in [0.05, 0.1) is 31.3 Å². The van der Waals surface area contributed by atoms with Crippen LogP contribution in [0.5, 0.6) is 0 Å². The highest BCUT2D eigenvalue weighted by Crippen LogP contribution is 2.22. The topological polar surface area (TPSA) is 76.1 Å². The number of amides is 1. The second-order valence-electron chi connectivity index (χ2n) is 5.19. The summed E-state index contributed by atoms with van der Waals surface area (Å²) in [6.07, 6.45) is 0.211. The minimum atomic E-state index is -0.928. The number of ether oxygens (including phenoxy) is 2. The van der Waals surface area contributed by atoms with Crippen molar-refractivity contribution in [1.29, 1.82) is 0 Å². The molecule has 1 rings (SSSR count). The van der Waals surface area contributed by atoms with Gasteiger partial charge in [0.15, 0.2) is 0 Å². The van der Waals surface area contributed by atoms with Gasteiger partial charge in [-0.05, 0) is 13.8 Å². The molecule has 18 heavy (non-hydrogen) atoms. The zero-order chi connectivity index (χ0) is 13.9. The zero-order valence-corrected chi connectivity index (χ0v) is 11.3. The summed E-state index contributed by atoms with van der Waals surface area (Å²) in [5, 5.41) is 9.05. The van der Waals surface area contributed by atoms with Gasteiger partial charge in [0.1, 0.15) is 5.92 Å². The number of hydrogen-bond acceptors (Lipinski definition) is 4. The van der Waals surface area contributed by atoms with Gasteiger partial charge in [-0.1, -0.05) is 0 Å². The SMILES string of the molecule is COC(C)(C)CC(=O)N(C)C1COCC1C(=O)O. The molecule has 0 spiro atoms. The van der Waals surface area contributed by atoms with Gasteiger partial charge in [-0.25, -0.2) is 0 Å². The highest BCUT2D eigenvalue weighted by molar-refractivity contribution is 5.79. The fourth-order valence-electron chi connectivity index (χ4n) is 1.91. The molecule has 0 radical (unpaired) electrons. The van der Waals surface area contributed by atoms with E-state index in [0.29, 0.717) is 0 Å². The third kappa shape index (κ3) is 3.43. The fourth-order valence-corrected chi connectivity index (χ4v) is 1.91. The number of rotatable bonds is 5. The summed E-state index contributed by atoms with van der Waals surface area (Å²) in [4.78, 5) is 24.6. The standard InChI is InChI=1S/C12H21NO5/c1-12(2,17-4)5-10(14)13(3)9-7-18-6-8(9)11(15)16/h8-9H,5-7H2,1-4H3,(H,15,16). The molecule has 2 unspecified atom stereocenters. The maximum Gasteiger partial charge on any atom is 0.311 e. The lowest BCUT2D eigenvalue weighted by Crippen LogP contribution is -2.46. The molecular weight excluding hydrogens is 238 g/mol. The first-order valence-electron chi connectivity index (χ1n) is 5.90. The van der Waals surface area contributed by atoms with E-state index in [1.54, 1.807) is 14.2 Å². The van der Waals surface area contributed by atoms with E-state index in [9.17, 15) is 9.59 Å². The molecule has 0 bridgehead atoms. The van der Waals surface area contributed by atoms with E-state index in [4.69, 9.17) is 14.6 Å². The molecule has 0 aromatic rings. The lowest BCUT2D eigenvalue weighted by atomic mass is 10.00. The van der Waals surface area contributed by atoms with Gasteiger partial charge in [0, 0.05) is 14.2 Å². The molecule has 0 aliphatic carbocycles. The molecule has 1 aliphatic rings. The van der Waals surface area contributed by atoms with Gasteiger partial charge >= 0.3 is 5.97 Å². The molecule has 0 aromatic carbocycles. The summed E-state index contributed by atoms with van der Waals surface area (Å²) in [5.74, 6) is -1.71. The Balaban J connectivity index is 2.66. The molecule has 6 nitrogen and oxygen atoms in total. The van der Waals surface area contributed by atoms with Crippen LogP contribution in [0.25, 0.3) is 0 Å². The number of carbonyl (C=O) groups is 2. The van der Waals surface area contributed by atoms with Crippen molar-refractivity contribution in [2.75, 3.05) is 27.4 Å². The average Bonchev–Trinajstić information content (AvgIpc) is 2.76. The van der Waals surface area contributed by atoms with Crippen molar-refractivity contribution in [3.8, 4) is 0 Å². The minimum Gasteiger partial charge on any atom is -0.481 e. The third-order valence-corrected chi connectivity index (χ3v) is 3.39. The van der Waals surface area contributed by atoms with E-state index in [1.807, 2.05) is 13.8 Å². The quantitative estimate of drug-likeness (QED) is 0.771. The van der Waals surface area contributed by atoms with Crippen LogP contribution in [-0.4, -0.2) is 60.9 Å². The highest BCUT2D eigenvalue weighted by atomic mass is 16.5. The minimum absolute atomic E-state index is 0.136. The number of carbonyl (C=O) groups excluding carboxylic acids is 1. The molecule has 1 amide bonds. The maximum absolute atomic E-state index is 12.1. The molecule has 0 saturated carbocycles. The Morgan fingerprint density at radius 3 is 2.56 bits per heavy atom. The lowest BCUT2D eigenvalue weighted by molar-refractivity contribution is -0.145. The van der Waals surface area contributed by atoms with Crippen LogP contribution in [0.15, 0.2) is 0 Å². The van der Waals surface area contributed by atoms with E-state index in [2.05, 4.69) is 0 Å². The van der Waals surface area contributed by atoms with Crippen LogP contribution in [0.4, 0.5) is 0 Å². The number of aliphatic carboxylic acids is 1. The summed E-state index contributed by atoms with van der Waals surface area (Å²) in [7, 11) is 3.16. The average molecular weight is 259 g/mol. The first-order valence-corrected chi connectivity index (χ1v) is 5.90. The van der Waals surface area contributed by atoms with Crippen LogP contribution in [0.2, 0.25) is 0 Å². The molecular formula is C12H21NO5. The van der Waals surface area contributed by atoms with E-state index < -0.39 is 23.5 Å². The van der Waals surface area contributed by atoms with Gasteiger partial charge in [-0.3, -0.25) is 9.59 Å². The molecule has 1 saturated heterocycles. The van der Waals surface area contributed by atoms with Crippen molar-refractivity contribution in [2.24, 2.45) is 5.92 Å². The second kappa shape index (κ2) is 5.67. The van der Waals surface area contributed by atoms with Gasteiger partial charge in [0.25, 0.3) is 0 Å². The monoisotopic (exact) mass is 259 g/mol. The van der Waals surface area contributed by atoms with Crippen LogP contribution in [0.3, 0.4) is 0 Å². The Labute approximate surface area is 107 Å². The van der Waals surface area contributed by atoms with Crippen molar-refractivity contribution in [2.45, 2.75) is 31.9 Å². The Morgan fingerprint density at radius 2 is 2.06 bits per heavy atom. The maximum atomic E-state index is 12.1. The Kier molecular flexibility index (Phi) is 4.70. The van der Waals surface area contributed by atoms with Crippen molar-refractivity contribution in [3.63, 3.8) is 0 Å². The van der Waals surface area contributed by atoms with Gasteiger partial charge in [0.2, 0.25) is 5.91 Å². The summed E-state index contributed by atoms with van der Waals surface area (Å²) in [5.41, 5.74) is -0.552. The van der Waals surface area contributed by atoms with Crippen molar-refractivity contribution in [1.82, 2.24) is 4.90 Å². The predicted octanol–water partition coefficient (Wildman–Crippen LogP) is 0.360. The van der Waals surface area contributed by atoms with Crippen LogP contribution < -0.4 is 0 Å². The highest BCUT2D eigenvalue weighted by Gasteiger charge is 2.39. The fraction of sp³-hybridized carbons (Fsp3) is 0.833. The molecule has 1 fully saturated rings. The van der Waals surface area contributed by atoms with Crippen molar-refractivity contribution >= 4 is 11.9 Å². The lowest BCUT2D eigenvalue weighted by Gasteiger charge is -2.30.